The smallest absolute Gasteiger partial charge is 0.171 e. The highest BCUT2D eigenvalue weighted by Crippen LogP contribution is 2.39. The van der Waals surface area contributed by atoms with Gasteiger partial charge in [0.2, 0.25) is 0 Å². The Morgan fingerprint density at radius 3 is 2.81 bits per heavy atom. The number of hydrogen-bond donors (Lipinski definition) is 0. The lowest BCUT2D eigenvalue weighted by Crippen LogP contribution is -2.34. The van der Waals surface area contributed by atoms with Gasteiger partial charge in [-0.05, 0) is 32.0 Å². The molecule has 2 aromatic rings. The van der Waals surface area contributed by atoms with Crippen LogP contribution >= 0.6 is 11.8 Å². The fraction of sp³-hybridized carbons (Fsp3) is 0.471. The van der Waals surface area contributed by atoms with Crippen LogP contribution in [0.3, 0.4) is 0 Å². The van der Waals surface area contributed by atoms with E-state index in [0.29, 0.717) is 5.78 Å². The number of aryl methyl sites for hydroxylation is 1. The van der Waals surface area contributed by atoms with Gasteiger partial charge < -0.3 is 9.47 Å². The lowest BCUT2D eigenvalue weighted by Gasteiger charge is -2.26. The van der Waals surface area contributed by atoms with E-state index < -0.39 is 0 Å². The number of aromatic nitrogens is 1. The number of thioether (sulfide) groups is 1. The van der Waals surface area contributed by atoms with E-state index in [1.807, 2.05) is 23.9 Å². The average molecular weight is 300 g/mol. The molecule has 4 rings (SSSR count). The lowest BCUT2D eigenvalue weighted by atomic mass is 9.97. The zero-order valence-electron chi connectivity index (χ0n) is 12.3. The third-order valence-electron chi connectivity index (χ3n) is 4.77. The number of likely N-dealkylation sites (tertiary alicyclic amines) is 1. The minimum atomic E-state index is 0.159. The molecule has 1 fully saturated rings. The van der Waals surface area contributed by atoms with Gasteiger partial charge in [0.1, 0.15) is 0 Å². The van der Waals surface area contributed by atoms with Crippen molar-refractivity contribution in [3.63, 3.8) is 0 Å². The number of nitrogens with zero attached hydrogens (tertiary/aromatic N) is 2. The molecule has 1 atom stereocenters. The average Bonchev–Trinajstić information content (AvgIpc) is 3.10. The summed E-state index contributed by atoms with van der Waals surface area (Å²) in [5, 5.41) is 2.28. The number of hydrogen-bond acceptors (Lipinski definition) is 3. The molecule has 3 heterocycles. The second-order valence-corrected chi connectivity index (χ2v) is 7.14. The van der Waals surface area contributed by atoms with Crippen molar-refractivity contribution in [2.24, 2.45) is 13.0 Å². The van der Waals surface area contributed by atoms with Crippen LogP contribution in [0.15, 0.2) is 29.3 Å². The zero-order valence-corrected chi connectivity index (χ0v) is 13.2. The predicted molar refractivity (Wildman–Crippen MR) is 87.1 cm³/mol. The van der Waals surface area contributed by atoms with Crippen LogP contribution in [-0.2, 0) is 7.05 Å². The maximum atomic E-state index is 13.0. The summed E-state index contributed by atoms with van der Waals surface area (Å²) in [6, 6.07) is 8.27. The van der Waals surface area contributed by atoms with Crippen LogP contribution in [0.25, 0.3) is 10.9 Å². The van der Waals surface area contributed by atoms with Crippen LogP contribution in [0.1, 0.15) is 23.2 Å². The van der Waals surface area contributed by atoms with E-state index in [4.69, 9.17) is 0 Å². The van der Waals surface area contributed by atoms with Gasteiger partial charge in [0.25, 0.3) is 0 Å². The Kier molecular flexibility index (Phi) is 3.31. The summed E-state index contributed by atoms with van der Waals surface area (Å²) < 4.78 is 2.18. The van der Waals surface area contributed by atoms with Gasteiger partial charge in [-0.25, -0.2) is 0 Å². The lowest BCUT2D eigenvalue weighted by molar-refractivity contribution is 0.0901. The van der Waals surface area contributed by atoms with Gasteiger partial charge in [-0.3, -0.25) is 4.79 Å². The normalized spacial score (nSPS) is 22.9. The Labute approximate surface area is 129 Å². The summed E-state index contributed by atoms with van der Waals surface area (Å²) >= 11 is 1.85. The van der Waals surface area contributed by atoms with Crippen LogP contribution < -0.4 is 0 Å². The molecule has 0 N–H and O–H groups in total. The summed E-state index contributed by atoms with van der Waals surface area (Å²) in [5.74, 6) is 1.44. The maximum absolute atomic E-state index is 13.0. The third kappa shape index (κ3) is 2.12. The molecule has 4 heteroatoms. The van der Waals surface area contributed by atoms with Gasteiger partial charge >= 0.3 is 0 Å². The van der Waals surface area contributed by atoms with Gasteiger partial charge in [-0.15, -0.1) is 11.8 Å². The summed E-state index contributed by atoms with van der Waals surface area (Å²) in [7, 11) is 2.07. The molecule has 0 aliphatic carbocycles. The molecule has 2 aliphatic rings. The highest BCUT2D eigenvalue weighted by molar-refractivity contribution is 7.99. The predicted octanol–water partition coefficient (Wildman–Crippen LogP) is 3.18. The van der Waals surface area contributed by atoms with Crippen molar-refractivity contribution in [3.8, 4) is 0 Å². The molecule has 1 unspecified atom stereocenters. The first-order valence-electron chi connectivity index (χ1n) is 7.72. The van der Waals surface area contributed by atoms with Crippen molar-refractivity contribution < 1.29 is 4.79 Å². The summed E-state index contributed by atoms with van der Waals surface area (Å²) in [5.41, 5.74) is 2.14. The Morgan fingerprint density at radius 2 is 2.00 bits per heavy atom. The van der Waals surface area contributed by atoms with Gasteiger partial charge in [0.15, 0.2) is 5.78 Å². The molecule has 3 nitrogen and oxygen atoms in total. The van der Waals surface area contributed by atoms with E-state index in [-0.39, 0.29) is 5.92 Å². The number of carbonyl (C=O) groups excluding carboxylic acids is 1. The number of Topliss-reactive ketones (excluding diaryl/α,β-unsaturated/α-hetero) is 1. The summed E-state index contributed by atoms with van der Waals surface area (Å²) in [6.07, 6.45) is 2.57. The Bertz CT molecular complexity index is 700. The van der Waals surface area contributed by atoms with E-state index in [1.54, 1.807) is 0 Å². The Hall–Kier alpha value is -1.26. The highest BCUT2D eigenvalue weighted by Gasteiger charge is 2.33. The summed E-state index contributed by atoms with van der Waals surface area (Å²) in [4.78, 5) is 15.4. The van der Waals surface area contributed by atoms with Crippen molar-refractivity contribution in [2.45, 2.75) is 17.9 Å². The van der Waals surface area contributed by atoms with Gasteiger partial charge in [-0.1, -0.05) is 18.2 Å². The first-order chi connectivity index (χ1) is 10.3. The molecule has 21 heavy (non-hydrogen) atoms. The molecule has 0 radical (unpaired) electrons. The van der Waals surface area contributed by atoms with E-state index in [1.165, 1.54) is 18.4 Å². The number of carbonyl (C=O) groups is 1. The zero-order chi connectivity index (χ0) is 14.4. The Balaban J connectivity index is 1.71. The molecule has 1 saturated heterocycles. The number of ketones is 1. The van der Waals surface area contributed by atoms with Crippen molar-refractivity contribution in [1.29, 1.82) is 0 Å². The molecule has 1 aromatic heterocycles. The molecule has 0 bridgehead atoms. The minimum Gasteiger partial charge on any atom is -0.338 e. The van der Waals surface area contributed by atoms with Gasteiger partial charge in [0, 0.05) is 36.2 Å². The van der Waals surface area contributed by atoms with Crippen molar-refractivity contribution in [1.82, 2.24) is 9.47 Å². The van der Waals surface area contributed by atoms with Gasteiger partial charge in [-0.2, -0.15) is 0 Å². The summed E-state index contributed by atoms with van der Waals surface area (Å²) in [6.45, 7) is 3.27. The number of rotatable bonds is 2. The third-order valence-corrected chi connectivity index (χ3v) is 6.09. The van der Waals surface area contributed by atoms with Gasteiger partial charge in [0.05, 0.1) is 10.6 Å². The van der Waals surface area contributed by atoms with E-state index in [0.717, 1.165) is 41.4 Å². The molecule has 0 amide bonds. The second-order valence-electron chi connectivity index (χ2n) is 6.14. The largest absolute Gasteiger partial charge is 0.338 e. The fourth-order valence-corrected chi connectivity index (χ4v) is 4.91. The van der Waals surface area contributed by atoms with Crippen molar-refractivity contribution in [2.75, 3.05) is 25.4 Å². The molecule has 1 aromatic carbocycles. The van der Waals surface area contributed by atoms with Crippen LogP contribution in [0.4, 0.5) is 0 Å². The van der Waals surface area contributed by atoms with Crippen LogP contribution in [0, 0.1) is 5.92 Å². The topological polar surface area (TPSA) is 25.2 Å². The second kappa shape index (κ2) is 5.18. The van der Waals surface area contributed by atoms with Crippen LogP contribution in [0.2, 0.25) is 0 Å². The van der Waals surface area contributed by atoms with E-state index >= 15 is 0 Å². The number of para-hydroxylation sites is 1. The number of fused-ring (bicyclic) bond motifs is 3. The molecule has 0 spiro atoms. The highest BCUT2D eigenvalue weighted by atomic mass is 32.2. The quantitative estimate of drug-likeness (QED) is 0.852. The monoisotopic (exact) mass is 300 g/mol. The Morgan fingerprint density at radius 1 is 1.24 bits per heavy atom. The van der Waals surface area contributed by atoms with Crippen molar-refractivity contribution in [3.05, 3.63) is 29.8 Å². The molecule has 110 valence electrons. The minimum absolute atomic E-state index is 0.159. The van der Waals surface area contributed by atoms with Crippen LogP contribution in [-0.4, -0.2) is 40.6 Å². The van der Waals surface area contributed by atoms with E-state index in [2.05, 4.69) is 28.6 Å². The first-order valence-corrected chi connectivity index (χ1v) is 8.71. The SMILES string of the molecule is Cn1c2c(c3ccccc31)C(=O)C(CN1CCCC1)CS2. The van der Waals surface area contributed by atoms with E-state index in [9.17, 15) is 4.79 Å². The number of benzene rings is 1. The van der Waals surface area contributed by atoms with Crippen LogP contribution in [0.5, 0.6) is 0 Å². The first kappa shape index (κ1) is 13.4. The molecule has 0 saturated carbocycles. The molecular weight excluding hydrogens is 280 g/mol. The standard InChI is InChI=1S/C17H20N2OS/c1-18-14-7-3-2-6-13(14)15-16(20)12(11-21-17(15)18)10-19-8-4-5-9-19/h2-3,6-7,12H,4-5,8-11H2,1H3. The fourth-order valence-electron chi connectivity index (χ4n) is 3.65. The molecular formula is C17H20N2OS. The van der Waals surface area contributed by atoms with Crippen molar-refractivity contribution >= 4 is 28.4 Å². The maximum Gasteiger partial charge on any atom is 0.171 e. The molecule has 2 aliphatic heterocycles.